The molecule has 0 saturated carbocycles. The van der Waals surface area contributed by atoms with Crippen molar-refractivity contribution in [3.05, 3.63) is 174 Å². The molecule has 10 rings (SSSR count). The van der Waals surface area contributed by atoms with Crippen LogP contribution in [0.3, 0.4) is 0 Å². The summed E-state index contributed by atoms with van der Waals surface area (Å²) in [5.41, 5.74) is 13.5. The molecule has 2 aromatic heterocycles. The fourth-order valence-electron chi connectivity index (χ4n) is 7.23. The molecule has 0 spiro atoms. The van der Waals surface area contributed by atoms with Crippen LogP contribution in [0.15, 0.2) is 140 Å². The lowest BCUT2D eigenvalue weighted by molar-refractivity contribution is 0.651. The van der Waals surface area contributed by atoms with E-state index in [9.17, 15) is 0 Å². The molecule has 276 valence electrons. The van der Waals surface area contributed by atoms with E-state index in [0.717, 1.165) is 92.8 Å². The zero-order chi connectivity index (χ0) is 38.3. The summed E-state index contributed by atoms with van der Waals surface area (Å²) in [6.45, 7) is 2.59. The number of halogens is 2. The minimum absolute atomic E-state index is 0.854. The van der Waals surface area contributed by atoms with Crippen LogP contribution in [0.5, 0.6) is 0 Å². The van der Waals surface area contributed by atoms with Gasteiger partial charge in [0, 0.05) is 45.8 Å². The SMILES string of the molecule is Brc1ccc(/C=C/c2nc3ccc(/N=C/c4ccc5c(c4)CN4CN5Cc5cc(/C=N/c6ccc7nc(/C=C/c8ccc(Br)cc8)sc7c6)ccc54)cc3s2)cc1. The van der Waals surface area contributed by atoms with Gasteiger partial charge in [-0.05, 0) is 130 Å². The Morgan fingerprint density at radius 1 is 0.491 bits per heavy atom. The highest BCUT2D eigenvalue weighted by Gasteiger charge is 2.29. The average molecular weight is 905 g/mol. The summed E-state index contributed by atoms with van der Waals surface area (Å²) in [6.07, 6.45) is 12.3. The zero-order valence-corrected chi connectivity index (χ0v) is 35.2. The van der Waals surface area contributed by atoms with E-state index < -0.39 is 0 Å². The van der Waals surface area contributed by atoms with E-state index >= 15 is 0 Å². The summed E-state index contributed by atoms with van der Waals surface area (Å²) in [6, 6.07) is 42.4. The fraction of sp³-hybridized carbons (Fsp3) is 0.0638. The molecule has 4 heterocycles. The van der Waals surface area contributed by atoms with Crippen molar-refractivity contribution in [1.29, 1.82) is 0 Å². The molecule has 0 saturated heterocycles. The van der Waals surface area contributed by atoms with Crippen LogP contribution >= 0.6 is 54.5 Å². The second-order valence-electron chi connectivity index (χ2n) is 14.0. The number of nitrogens with zero attached hydrogens (tertiary/aromatic N) is 6. The highest BCUT2D eigenvalue weighted by molar-refractivity contribution is 9.10. The van der Waals surface area contributed by atoms with E-state index in [-0.39, 0.29) is 0 Å². The molecule has 0 radical (unpaired) electrons. The van der Waals surface area contributed by atoms with Crippen molar-refractivity contribution in [2.45, 2.75) is 13.1 Å². The molecule has 6 nitrogen and oxygen atoms in total. The third kappa shape index (κ3) is 7.91. The molecule has 0 aliphatic carbocycles. The predicted octanol–water partition coefficient (Wildman–Crippen LogP) is 13.6. The topological polar surface area (TPSA) is 57.0 Å². The molecule has 10 heteroatoms. The van der Waals surface area contributed by atoms with Crippen LogP contribution in [0.1, 0.15) is 43.4 Å². The fourth-order valence-corrected chi connectivity index (χ4v) is 9.56. The van der Waals surface area contributed by atoms with Crippen molar-refractivity contribution in [1.82, 2.24) is 9.97 Å². The number of aliphatic imine (C=N–C) groups is 2. The Balaban J connectivity index is 0.805. The van der Waals surface area contributed by atoms with E-state index in [0.29, 0.717) is 0 Å². The largest absolute Gasteiger partial charge is 0.349 e. The molecule has 2 aliphatic heterocycles. The predicted molar refractivity (Wildman–Crippen MR) is 250 cm³/mol. The summed E-state index contributed by atoms with van der Waals surface area (Å²) in [5.74, 6) is 0. The van der Waals surface area contributed by atoms with Gasteiger partial charge in [-0.2, -0.15) is 0 Å². The monoisotopic (exact) mass is 902 g/mol. The highest BCUT2D eigenvalue weighted by atomic mass is 79.9. The first kappa shape index (κ1) is 35.9. The van der Waals surface area contributed by atoms with Gasteiger partial charge in [-0.3, -0.25) is 9.98 Å². The minimum atomic E-state index is 0.854. The van der Waals surface area contributed by atoms with E-state index in [1.807, 2.05) is 48.8 Å². The van der Waals surface area contributed by atoms with Gasteiger partial charge in [0.2, 0.25) is 0 Å². The minimum Gasteiger partial charge on any atom is -0.349 e. The molecule has 8 aromatic rings. The van der Waals surface area contributed by atoms with Crippen LogP contribution in [0.2, 0.25) is 0 Å². The van der Waals surface area contributed by atoms with Gasteiger partial charge in [0.15, 0.2) is 0 Å². The van der Waals surface area contributed by atoms with Gasteiger partial charge in [0.1, 0.15) is 10.0 Å². The third-order valence-electron chi connectivity index (χ3n) is 10.0. The number of benzene rings is 6. The smallest absolute Gasteiger partial charge is 0.117 e. The van der Waals surface area contributed by atoms with Crippen molar-refractivity contribution in [3.63, 3.8) is 0 Å². The van der Waals surface area contributed by atoms with Crippen LogP contribution in [0.4, 0.5) is 22.7 Å². The number of aromatic nitrogens is 2. The second kappa shape index (κ2) is 15.4. The molecule has 2 aliphatic rings. The molecular formula is C47H32Br2N6S2. The summed E-state index contributed by atoms with van der Waals surface area (Å²) in [5, 5.41) is 1.96. The number of anilines is 2. The zero-order valence-electron chi connectivity index (χ0n) is 30.4. The maximum Gasteiger partial charge on any atom is 0.117 e. The van der Waals surface area contributed by atoms with E-state index in [1.165, 1.54) is 22.5 Å². The van der Waals surface area contributed by atoms with Gasteiger partial charge in [0.05, 0.1) is 38.5 Å². The van der Waals surface area contributed by atoms with Gasteiger partial charge in [-0.1, -0.05) is 80.4 Å². The van der Waals surface area contributed by atoms with E-state index in [2.05, 4.69) is 151 Å². The number of thiazole rings is 2. The standard InChI is InChI=1S/C47H32Br2N6S2/c48-36-9-1-30(2-10-36)7-19-46-52-40-15-13-38(23-44(40)56-46)50-25-32-5-17-42-34(21-32)27-54-29-55(42)28-35-22-33(6-18-43(35)54)26-51-39-14-16-41-45(24-39)57-47(53-41)20-8-31-3-11-37(49)12-4-31/h1-26H,27-29H2/b19-7+,20-8+,50-25+,51-26+. The van der Waals surface area contributed by atoms with Gasteiger partial charge in [-0.15, -0.1) is 22.7 Å². The molecule has 2 bridgehead atoms. The van der Waals surface area contributed by atoms with Crippen LogP contribution in [0, 0.1) is 0 Å². The number of fused-ring (bicyclic) bond motifs is 8. The first-order valence-corrected chi connectivity index (χ1v) is 21.7. The first-order chi connectivity index (χ1) is 27.9. The van der Waals surface area contributed by atoms with Gasteiger partial charge >= 0.3 is 0 Å². The maximum atomic E-state index is 4.87. The van der Waals surface area contributed by atoms with Crippen molar-refractivity contribution >= 4 is 134 Å². The van der Waals surface area contributed by atoms with Crippen molar-refractivity contribution in [3.8, 4) is 0 Å². The molecule has 0 fully saturated rings. The molecule has 0 unspecified atom stereocenters. The van der Waals surface area contributed by atoms with Crippen molar-refractivity contribution in [2.24, 2.45) is 9.98 Å². The van der Waals surface area contributed by atoms with E-state index in [4.69, 9.17) is 20.0 Å². The lowest BCUT2D eigenvalue weighted by Gasteiger charge is -2.45. The summed E-state index contributed by atoms with van der Waals surface area (Å²) in [7, 11) is 0. The Hall–Kier alpha value is -5.52. The molecule has 0 N–H and O–H groups in total. The number of hydrogen-bond acceptors (Lipinski definition) is 8. The van der Waals surface area contributed by atoms with Crippen LogP contribution in [0.25, 0.3) is 44.7 Å². The van der Waals surface area contributed by atoms with Gasteiger partial charge in [-0.25, -0.2) is 9.97 Å². The van der Waals surface area contributed by atoms with Crippen LogP contribution in [-0.4, -0.2) is 29.1 Å². The quantitative estimate of drug-likeness (QED) is 0.143. The second-order valence-corrected chi connectivity index (χ2v) is 18.0. The highest BCUT2D eigenvalue weighted by Crippen LogP contribution is 2.39. The summed E-state index contributed by atoms with van der Waals surface area (Å²) < 4.78 is 4.39. The normalized spacial score (nSPS) is 13.9. The van der Waals surface area contributed by atoms with Gasteiger partial charge < -0.3 is 9.80 Å². The van der Waals surface area contributed by atoms with Crippen molar-refractivity contribution < 1.29 is 0 Å². The first-order valence-electron chi connectivity index (χ1n) is 18.5. The molecule has 0 amide bonds. The lowest BCUT2D eigenvalue weighted by Crippen LogP contribution is -2.46. The Morgan fingerprint density at radius 3 is 1.39 bits per heavy atom. The van der Waals surface area contributed by atoms with Crippen LogP contribution in [-0.2, 0) is 13.1 Å². The average Bonchev–Trinajstić information content (AvgIpc) is 3.84. The Kier molecular flexibility index (Phi) is 9.71. The van der Waals surface area contributed by atoms with E-state index in [1.54, 1.807) is 22.7 Å². The third-order valence-corrected chi connectivity index (χ3v) is 13.1. The Morgan fingerprint density at radius 2 is 0.930 bits per heavy atom. The van der Waals surface area contributed by atoms with Crippen molar-refractivity contribution in [2.75, 3.05) is 16.5 Å². The number of rotatable bonds is 8. The maximum absolute atomic E-state index is 4.87. The Labute approximate surface area is 355 Å². The molecule has 0 atom stereocenters. The van der Waals surface area contributed by atoms with Gasteiger partial charge in [0.25, 0.3) is 0 Å². The number of hydrogen-bond donors (Lipinski definition) is 0. The molecule has 6 aromatic carbocycles. The summed E-state index contributed by atoms with van der Waals surface area (Å²) >= 11 is 10.4. The summed E-state index contributed by atoms with van der Waals surface area (Å²) in [4.78, 5) is 24.2. The Bertz CT molecular complexity index is 2730. The molecular weight excluding hydrogens is 873 g/mol. The lowest BCUT2D eigenvalue weighted by atomic mass is 9.99. The molecule has 57 heavy (non-hydrogen) atoms. The van der Waals surface area contributed by atoms with Crippen LogP contribution < -0.4 is 9.80 Å².